The Hall–Kier alpha value is -2.69. The van der Waals surface area contributed by atoms with Gasteiger partial charge in [0.15, 0.2) is 11.5 Å². The second kappa shape index (κ2) is 6.17. The molecule has 0 saturated heterocycles. The molecule has 0 bridgehead atoms. The predicted molar refractivity (Wildman–Crippen MR) is 78.5 cm³/mol. The van der Waals surface area contributed by atoms with Crippen molar-refractivity contribution in [3.8, 4) is 28.4 Å². The highest BCUT2D eigenvalue weighted by Gasteiger charge is 2.25. The molecule has 0 saturated carbocycles. The zero-order chi connectivity index (χ0) is 15.4. The van der Waals surface area contributed by atoms with Crippen LogP contribution in [0.5, 0.6) is 17.2 Å². The van der Waals surface area contributed by atoms with E-state index in [9.17, 15) is 9.90 Å². The van der Waals surface area contributed by atoms with Crippen molar-refractivity contribution in [2.45, 2.75) is 0 Å². The Kier molecular flexibility index (Phi) is 4.33. The summed E-state index contributed by atoms with van der Waals surface area (Å²) >= 11 is 0. The van der Waals surface area contributed by atoms with E-state index < -0.39 is 5.97 Å². The third-order valence-corrected chi connectivity index (χ3v) is 3.13. The van der Waals surface area contributed by atoms with E-state index in [4.69, 9.17) is 14.2 Å². The standard InChI is InChI=1S/C16H16O5/c1-19-12-9-11(10-7-5-4-6-8-10)14(20-2)15(21-3)13(12)16(17)18/h4-9H,1-3H3,(H,17,18). The van der Waals surface area contributed by atoms with Crippen LogP contribution in [0.3, 0.4) is 0 Å². The van der Waals surface area contributed by atoms with Crippen molar-refractivity contribution in [3.05, 3.63) is 42.0 Å². The van der Waals surface area contributed by atoms with Crippen molar-refractivity contribution in [2.24, 2.45) is 0 Å². The molecular formula is C16H16O5. The molecule has 0 aliphatic heterocycles. The topological polar surface area (TPSA) is 65.0 Å². The summed E-state index contributed by atoms with van der Waals surface area (Å²) in [5, 5.41) is 9.37. The first-order chi connectivity index (χ1) is 10.1. The lowest BCUT2D eigenvalue weighted by Gasteiger charge is -2.17. The van der Waals surface area contributed by atoms with E-state index in [1.807, 2.05) is 30.3 Å². The molecule has 2 aromatic carbocycles. The maximum absolute atomic E-state index is 11.5. The maximum Gasteiger partial charge on any atom is 0.343 e. The molecule has 0 unspecified atom stereocenters. The van der Waals surface area contributed by atoms with E-state index in [0.29, 0.717) is 11.3 Å². The maximum atomic E-state index is 11.5. The van der Waals surface area contributed by atoms with Gasteiger partial charge in [-0.1, -0.05) is 30.3 Å². The zero-order valence-corrected chi connectivity index (χ0v) is 12.0. The fraction of sp³-hybridized carbons (Fsp3) is 0.188. The third kappa shape index (κ3) is 2.63. The Labute approximate surface area is 122 Å². The van der Waals surface area contributed by atoms with E-state index in [0.717, 1.165) is 5.56 Å². The van der Waals surface area contributed by atoms with E-state index in [2.05, 4.69) is 0 Å². The van der Waals surface area contributed by atoms with Crippen LogP contribution < -0.4 is 14.2 Å². The quantitative estimate of drug-likeness (QED) is 0.916. The smallest absolute Gasteiger partial charge is 0.343 e. The van der Waals surface area contributed by atoms with Gasteiger partial charge in [0.25, 0.3) is 0 Å². The minimum absolute atomic E-state index is 0.0588. The first kappa shape index (κ1) is 14.7. The van der Waals surface area contributed by atoms with Gasteiger partial charge in [-0.05, 0) is 11.6 Å². The van der Waals surface area contributed by atoms with Gasteiger partial charge < -0.3 is 19.3 Å². The number of benzene rings is 2. The molecule has 0 amide bonds. The van der Waals surface area contributed by atoms with E-state index >= 15 is 0 Å². The number of methoxy groups -OCH3 is 3. The molecular weight excluding hydrogens is 272 g/mol. The Morgan fingerprint density at radius 2 is 1.57 bits per heavy atom. The van der Waals surface area contributed by atoms with Gasteiger partial charge in [0.05, 0.1) is 21.3 Å². The summed E-state index contributed by atoms with van der Waals surface area (Å²) in [6.07, 6.45) is 0. The predicted octanol–water partition coefficient (Wildman–Crippen LogP) is 3.08. The van der Waals surface area contributed by atoms with E-state index in [-0.39, 0.29) is 17.1 Å². The molecule has 5 nitrogen and oxygen atoms in total. The molecule has 110 valence electrons. The average molecular weight is 288 g/mol. The summed E-state index contributed by atoms with van der Waals surface area (Å²) in [6, 6.07) is 11.1. The summed E-state index contributed by atoms with van der Waals surface area (Å²) in [5.74, 6) is -0.411. The first-order valence-electron chi connectivity index (χ1n) is 6.25. The van der Waals surface area contributed by atoms with Gasteiger partial charge in [-0.15, -0.1) is 0 Å². The van der Waals surface area contributed by atoms with Crippen molar-refractivity contribution in [3.63, 3.8) is 0 Å². The van der Waals surface area contributed by atoms with Gasteiger partial charge in [-0.25, -0.2) is 4.79 Å². The molecule has 21 heavy (non-hydrogen) atoms. The average Bonchev–Trinajstić information content (AvgIpc) is 2.53. The van der Waals surface area contributed by atoms with Gasteiger partial charge in [0.2, 0.25) is 0 Å². The largest absolute Gasteiger partial charge is 0.496 e. The summed E-state index contributed by atoms with van der Waals surface area (Å²) in [4.78, 5) is 11.5. The Bertz CT molecular complexity index is 649. The fourth-order valence-electron chi connectivity index (χ4n) is 2.21. The van der Waals surface area contributed by atoms with Crippen molar-refractivity contribution in [2.75, 3.05) is 21.3 Å². The van der Waals surface area contributed by atoms with Crippen LogP contribution in [0.1, 0.15) is 10.4 Å². The minimum Gasteiger partial charge on any atom is -0.496 e. The number of rotatable bonds is 5. The van der Waals surface area contributed by atoms with Crippen LogP contribution in [-0.4, -0.2) is 32.4 Å². The Morgan fingerprint density at radius 1 is 0.952 bits per heavy atom. The number of aromatic carboxylic acids is 1. The summed E-state index contributed by atoms with van der Waals surface area (Å²) in [5.41, 5.74) is 1.52. The first-order valence-corrected chi connectivity index (χ1v) is 6.25. The van der Waals surface area contributed by atoms with Gasteiger partial charge in [-0.3, -0.25) is 0 Å². The van der Waals surface area contributed by atoms with Crippen LogP contribution in [0.25, 0.3) is 11.1 Å². The molecule has 0 aromatic heterocycles. The Balaban J connectivity index is 2.81. The van der Waals surface area contributed by atoms with Crippen LogP contribution >= 0.6 is 0 Å². The minimum atomic E-state index is -1.14. The van der Waals surface area contributed by atoms with Crippen LogP contribution in [0.15, 0.2) is 36.4 Å². The molecule has 0 aliphatic rings. The highest BCUT2D eigenvalue weighted by Crippen LogP contribution is 2.45. The number of hydrogen-bond donors (Lipinski definition) is 1. The molecule has 5 heteroatoms. The summed E-state index contributed by atoms with van der Waals surface area (Å²) in [7, 11) is 4.30. The lowest BCUT2D eigenvalue weighted by molar-refractivity contribution is 0.0689. The highest BCUT2D eigenvalue weighted by atomic mass is 16.5. The zero-order valence-electron chi connectivity index (χ0n) is 12.0. The fourth-order valence-corrected chi connectivity index (χ4v) is 2.21. The molecule has 1 N–H and O–H groups in total. The SMILES string of the molecule is COc1cc(-c2ccccc2)c(OC)c(OC)c1C(=O)O. The van der Waals surface area contributed by atoms with E-state index in [1.54, 1.807) is 6.07 Å². The Morgan fingerprint density at radius 3 is 2.05 bits per heavy atom. The molecule has 2 rings (SSSR count). The van der Waals surface area contributed by atoms with Crippen LogP contribution in [-0.2, 0) is 0 Å². The van der Waals surface area contributed by atoms with Crippen LogP contribution in [0.4, 0.5) is 0 Å². The van der Waals surface area contributed by atoms with Crippen molar-refractivity contribution in [1.82, 2.24) is 0 Å². The number of ether oxygens (including phenoxy) is 3. The molecule has 0 fully saturated rings. The van der Waals surface area contributed by atoms with Gasteiger partial charge >= 0.3 is 5.97 Å². The number of hydrogen-bond acceptors (Lipinski definition) is 4. The third-order valence-electron chi connectivity index (χ3n) is 3.13. The molecule has 2 aromatic rings. The van der Waals surface area contributed by atoms with Crippen LogP contribution in [0.2, 0.25) is 0 Å². The molecule has 0 aliphatic carbocycles. The van der Waals surface area contributed by atoms with Gasteiger partial charge in [0.1, 0.15) is 11.3 Å². The number of carboxylic acid groups (broad SMARTS) is 1. The summed E-state index contributed by atoms with van der Waals surface area (Å²) < 4.78 is 15.8. The van der Waals surface area contributed by atoms with Crippen molar-refractivity contribution in [1.29, 1.82) is 0 Å². The van der Waals surface area contributed by atoms with Crippen molar-refractivity contribution >= 4 is 5.97 Å². The van der Waals surface area contributed by atoms with Gasteiger partial charge in [-0.2, -0.15) is 0 Å². The molecule has 0 spiro atoms. The second-order valence-corrected chi connectivity index (χ2v) is 4.24. The lowest BCUT2D eigenvalue weighted by Crippen LogP contribution is -2.06. The normalized spacial score (nSPS) is 10.0. The molecule has 0 heterocycles. The van der Waals surface area contributed by atoms with Gasteiger partial charge in [0, 0.05) is 5.56 Å². The van der Waals surface area contributed by atoms with Crippen molar-refractivity contribution < 1.29 is 24.1 Å². The second-order valence-electron chi connectivity index (χ2n) is 4.24. The van der Waals surface area contributed by atoms with Crippen LogP contribution in [0, 0.1) is 0 Å². The molecule has 0 radical (unpaired) electrons. The monoisotopic (exact) mass is 288 g/mol. The van der Waals surface area contributed by atoms with E-state index in [1.165, 1.54) is 21.3 Å². The highest BCUT2D eigenvalue weighted by molar-refractivity contribution is 5.97. The summed E-state index contributed by atoms with van der Waals surface area (Å²) in [6.45, 7) is 0. The number of carboxylic acids is 1. The lowest BCUT2D eigenvalue weighted by atomic mass is 10.0. The molecule has 0 atom stereocenters. The number of carbonyl (C=O) groups is 1.